The summed E-state index contributed by atoms with van der Waals surface area (Å²) in [7, 11) is 0. The third-order valence-corrected chi connectivity index (χ3v) is 11.4. The first-order valence-corrected chi connectivity index (χ1v) is 23.3. The Hall–Kier alpha value is -4.65. The van der Waals surface area contributed by atoms with Crippen molar-refractivity contribution in [3.05, 3.63) is 64.2 Å². The van der Waals surface area contributed by atoms with E-state index in [0.29, 0.717) is 59.7 Å². The Kier molecular flexibility index (Phi) is 22.8. The topological polar surface area (TPSA) is 161 Å². The Morgan fingerprint density at radius 3 is 1.17 bits per heavy atom. The number of hydrogen-bond donors (Lipinski definition) is 3. The van der Waals surface area contributed by atoms with Gasteiger partial charge in [0, 0.05) is 46.5 Å². The number of carboxylic acids is 3. The van der Waals surface area contributed by atoms with E-state index in [2.05, 4.69) is 11.8 Å². The summed E-state index contributed by atoms with van der Waals surface area (Å²) in [5.41, 5.74) is 5.65. The highest BCUT2D eigenvalue weighted by Crippen LogP contribution is 2.48. The lowest BCUT2D eigenvalue weighted by atomic mass is 9.90. The maximum Gasteiger partial charge on any atom is 0.341 e. The van der Waals surface area contributed by atoms with Crippen molar-refractivity contribution in [3.63, 3.8) is 0 Å². The van der Waals surface area contributed by atoms with Crippen LogP contribution in [0.3, 0.4) is 0 Å². The molecule has 3 N–H and O–H groups in total. The fourth-order valence-electron chi connectivity index (χ4n) is 8.35. The molecule has 0 fully saturated rings. The smallest absolute Gasteiger partial charge is 0.341 e. The van der Waals surface area contributed by atoms with E-state index in [1.54, 1.807) is 0 Å². The van der Waals surface area contributed by atoms with Crippen molar-refractivity contribution in [1.29, 1.82) is 0 Å². The van der Waals surface area contributed by atoms with E-state index < -0.39 is 37.7 Å². The molecule has 12 nitrogen and oxygen atoms in total. The number of benzene rings is 3. The lowest BCUT2D eigenvalue weighted by Crippen LogP contribution is -2.32. The second-order valence-corrected chi connectivity index (χ2v) is 17.1. The Morgan fingerprint density at radius 1 is 0.492 bits per heavy atom. The van der Waals surface area contributed by atoms with Crippen LogP contribution in [0.15, 0.2) is 36.4 Å². The van der Waals surface area contributed by atoms with Crippen LogP contribution in [0.25, 0.3) is 22.3 Å². The molecule has 0 saturated heterocycles. The van der Waals surface area contributed by atoms with Gasteiger partial charge in [0.2, 0.25) is 0 Å². The Morgan fingerprint density at radius 2 is 0.810 bits per heavy atom. The van der Waals surface area contributed by atoms with Crippen molar-refractivity contribution in [2.24, 2.45) is 0 Å². The molecule has 0 aliphatic carbocycles. The molecule has 0 saturated carbocycles. The van der Waals surface area contributed by atoms with Gasteiger partial charge in [0.1, 0.15) is 17.2 Å². The zero-order valence-electron chi connectivity index (χ0n) is 38.4. The molecule has 6 bridgehead atoms. The minimum absolute atomic E-state index is 0.144. The van der Waals surface area contributed by atoms with Gasteiger partial charge >= 0.3 is 17.9 Å². The van der Waals surface area contributed by atoms with Gasteiger partial charge < -0.3 is 39.0 Å². The van der Waals surface area contributed by atoms with Crippen molar-refractivity contribution in [1.82, 2.24) is 4.90 Å². The van der Waals surface area contributed by atoms with Gasteiger partial charge in [0.25, 0.3) is 0 Å². The summed E-state index contributed by atoms with van der Waals surface area (Å²) in [6.07, 6.45) is 21.0. The Labute approximate surface area is 375 Å². The number of rotatable bonds is 26. The summed E-state index contributed by atoms with van der Waals surface area (Å²) in [4.78, 5) is 38.1. The maximum absolute atomic E-state index is 12.0. The molecule has 348 valence electrons. The highest BCUT2D eigenvalue weighted by atomic mass is 16.5. The molecule has 0 unspecified atom stereocenters. The fraction of sp³-hybridized carbons (Fsp3) is 0.588. The van der Waals surface area contributed by atoms with E-state index in [9.17, 15) is 29.7 Å². The standard InChI is InChI=1S/C51H73NO11/c1-5-6-7-8-9-10-11-12-13-14-15-16-17-18-19-20-21-52-22-24-59-32-40-26-37(2)28-42(49(40)61-34-46(53)54)44-30-39(4)31-45(51(44)63-36-48(57)58)43-29-38(3)27-41(33-60-25-23-52)50(43)62-35-47(55)56/h26-31H,5-25,32-36H2,1-4H3,(H,53,54)(H,55,56)(H,57,58). The summed E-state index contributed by atoms with van der Waals surface area (Å²) in [5.74, 6) is -2.77. The number of aliphatic carboxylic acids is 3. The summed E-state index contributed by atoms with van der Waals surface area (Å²) in [6.45, 7) is 9.38. The van der Waals surface area contributed by atoms with Gasteiger partial charge in [0.05, 0.1) is 26.4 Å². The second-order valence-electron chi connectivity index (χ2n) is 17.1. The van der Waals surface area contributed by atoms with E-state index in [0.717, 1.165) is 36.1 Å². The van der Waals surface area contributed by atoms with Crippen LogP contribution in [0.2, 0.25) is 0 Å². The van der Waals surface area contributed by atoms with E-state index in [1.165, 1.54) is 89.9 Å². The second kappa shape index (κ2) is 28.2. The van der Waals surface area contributed by atoms with E-state index in [1.807, 2.05) is 57.2 Å². The molecule has 1 aliphatic heterocycles. The lowest BCUT2D eigenvalue weighted by Gasteiger charge is -2.25. The minimum Gasteiger partial charge on any atom is -0.481 e. The van der Waals surface area contributed by atoms with Gasteiger partial charge in [-0.05, 0) is 74.7 Å². The summed E-state index contributed by atoms with van der Waals surface area (Å²) in [5, 5.41) is 29.2. The third kappa shape index (κ3) is 18.2. The molecule has 3 aromatic rings. The average Bonchev–Trinajstić information content (AvgIpc) is 3.23. The molecule has 0 aromatic heterocycles. The van der Waals surface area contributed by atoms with Crippen LogP contribution in [0.1, 0.15) is 137 Å². The third-order valence-electron chi connectivity index (χ3n) is 11.4. The maximum atomic E-state index is 12.0. The number of fused-ring (bicyclic) bond motifs is 8. The van der Waals surface area contributed by atoms with Gasteiger partial charge in [-0.1, -0.05) is 115 Å². The highest BCUT2D eigenvalue weighted by molar-refractivity contribution is 5.89. The number of ether oxygens (including phenoxy) is 5. The predicted octanol–water partition coefficient (Wildman–Crippen LogP) is 10.9. The van der Waals surface area contributed by atoms with E-state index in [-0.39, 0.29) is 30.5 Å². The van der Waals surface area contributed by atoms with Crippen LogP contribution in [0.4, 0.5) is 0 Å². The Bertz CT molecular complexity index is 1790. The SMILES string of the molecule is CCCCCCCCCCCCCCCCCCN1CCOCc2cc(C)cc(c2OCC(=O)O)-c2cc(C)cc(c2OCC(=O)O)-c2cc(C)cc(c2OCC(=O)O)COCC1. The number of unbranched alkanes of at least 4 members (excludes halogenated alkanes) is 15. The molecule has 0 atom stereocenters. The molecule has 1 heterocycles. The summed E-state index contributed by atoms with van der Waals surface area (Å²) < 4.78 is 30.8. The van der Waals surface area contributed by atoms with Crippen LogP contribution in [0, 0.1) is 20.8 Å². The van der Waals surface area contributed by atoms with E-state index >= 15 is 0 Å². The van der Waals surface area contributed by atoms with Gasteiger partial charge in [0.15, 0.2) is 19.8 Å². The van der Waals surface area contributed by atoms with Crippen molar-refractivity contribution in [2.45, 2.75) is 144 Å². The number of carbonyl (C=O) groups is 3. The predicted molar refractivity (Wildman–Crippen MR) is 246 cm³/mol. The molecule has 12 heteroatoms. The first-order chi connectivity index (χ1) is 30.5. The zero-order valence-corrected chi connectivity index (χ0v) is 38.4. The fourth-order valence-corrected chi connectivity index (χ4v) is 8.35. The molecule has 0 radical (unpaired) electrons. The first kappa shape index (κ1) is 51.0. The number of aryl methyl sites for hydroxylation is 3. The van der Waals surface area contributed by atoms with Crippen LogP contribution in [-0.2, 0) is 37.1 Å². The van der Waals surface area contributed by atoms with Crippen LogP contribution in [0.5, 0.6) is 17.2 Å². The monoisotopic (exact) mass is 876 g/mol. The largest absolute Gasteiger partial charge is 0.481 e. The van der Waals surface area contributed by atoms with Crippen molar-refractivity contribution >= 4 is 17.9 Å². The molecule has 3 aromatic carbocycles. The minimum atomic E-state index is -1.20. The van der Waals surface area contributed by atoms with Gasteiger partial charge in [-0.2, -0.15) is 0 Å². The van der Waals surface area contributed by atoms with Crippen molar-refractivity contribution in [3.8, 4) is 39.5 Å². The molecule has 1 aliphatic rings. The van der Waals surface area contributed by atoms with Crippen molar-refractivity contribution in [2.75, 3.05) is 52.7 Å². The highest BCUT2D eigenvalue weighted by Gasteiger charge is 2.25. The number of hydrogen-bond acceptors (Lipinski definition) is 9. The first-order valence-electron chi connectivity index (χ1n) is 23.3. The summed E-state index contributed by atoms with van der Waals surface area (Å²) >= 11 is 0. The van der Waals surface area contributed by atoms with Gasteiger partial charge in [-0.15, -0.1) is 0 Å². The molecular weight excluding hydrogens is 803 g/mol. The number of carboxylic acid groups (broad SMARTS) is 3. The molecule has 4 rings (SSSR count). The van der Waals surface area contributed by atoms with Gasteiger partial charge in [-0.3, -0.25) is 4.90 Å². The van der Waals surface area contributed by atoms with E-state index in [4.69, 9.17) is 23.7 Å². The van der Waals surface area contributed by atoms with Crippen LogP contribution in [-0.4, -0.2) is 90.8 Å². The quantitative estimate of drug-likeness (QED) is 0.0656. The molecule has 0 amide bonds. The molecular formula is C51H73NO11. The number of nitrogens with zero attached hydrogens (tertiary/aromatic N) is 1. The normalized spacial score (nSPS) is 13.5. The van der Waals surface area contributed by atoms with Crippen LogP contribution >= 0.6 is 0 Å². The average molecular weight is 876 g/mol. The summed E-state index contributed by atoms with van der Waals surface area (Å²) in [6, 6.07) is 11.2. The lowest BCUT2D eigenvalue weighted by molar-refractivity contribution is -0.140. The van der Waals surface area contributed by atoms with Crippen molar-refractivity contribution < 1.29 is 53.4 Å². The molecule has 63 heavy (non-hydrogen) atoms. The Balaban J connectivity index is 1.55. The van der Waals surface area contributed by atoms with Crippen LogP contribution < -0.4 is 14.2 Å². The molecule has 0 spiro atoms. The zero-order chi connectivity index (χ0) is 45.4. The van der Waals surface area contributed by atoms with Gasteiger partial charge in [-0.25, -0.2) is 14.4 Å².